The van der Waals surface area contributed by atoms with Gasteiger partial charge in [-0.1, -0.05) is 58.6 Å². The number of hydrogen-bond donors (Lipinski definition) is 1. The summed E-state index contributed by atoms with van der Waals surface area (Å²) in [5.74, 6) is 2.00. The highest BCUT2D eigenvalue weighted by Crippen LogP contribution is 2.42. The topological polar surface area (TPSA) is 37.3 Å². The maximum atomic E-state index is 10.6. The van der Waals surface area contributed by atoms with E-state index in [9.17, 15) is 4.79 Å². The molecule has 2 rings (SSSR count). The van der Waals surface area contributed by atoms with Gasteiger partial charge in [-0.2, -0.15) is 0 Å². The Bertz CT molecular complexity index is 472. The van der Waals surface area contributed by atoms with Crippen molar-refractivity contribution in [3.8, 4) is 0 Å². The molecule has 4 atom stereocenters. The number of hydrogen-bond acceptors (Lipinski definition) is 1. The van der Waals surface area contributed by atoms with E-state index in [0.29, 0.717) is 30.1 Å². The van der Waals surface area contributed by atoms with Gasteiger partial charge in [-0.3, -0.25) is 4.79 Å². The summed E-state index contributed by atoms with van der Waals surface area (Å²) in [6, 6.07) is 0. The number of carbonyl (C=O) groups is 1. The Morgan fingerprint density at radius 1 is 1.44 bits per heavy atom. The van der Waals surface area contributed by atoms with Crippen molar-refractivity contribution in [1.82, 2.24) is 0 Å². The minimum atomic E-state index is -0.664. The van der Waals surface area contributed by atoms with Crippen LogP contribution in [0.15, 0.2) is 36.0 Å². The monoisotopic (exact) mass is 348 g/mol. The first-order chi connectivity index (χ1) is 11.4. The van der Waals surface area contributed by atoms with Crippen molar-refractivity contribution in [2.75, 3.05) is 0 Å². The van der Waals surface area contributed by atoms with Gasteiger partial charge in [0, 0.05) is 6.42 Å². The van der Waals surface area contributed by atoms with Crippen LogP contribution in [-0.4, -0.2) is 11.1 Å². The summed E-state index contributed by atoms with van der Waals surface area (Å²) in [6.45, 7) is 12.6. The van der Waals surface area contributed by atoms with Crippen LogP contribution in [0.5, 0.6) is 0 Å². The lowest BCUT2D eigenvalue weighted by molar-refractivity contribution is -0.137. The number of rotatable bonds is 6. The fraction of sp³-hybridized carbons (Fsp3) is 0.696. The molecule has 2 aliphatic carbocycles. The average molecular weight is 349 g/mol. The molecular formula is C23H40O2. The Labute approximate surface area is 156 Å². The van der Waals surface area contributed by atoms with Crippen molar-refractivity contribution >= 4 is 5.97 Å². The SMILES string of the molecule is C.C=C(C)C(C)CC.CC1C=CC2=CCCCC2C1CCCC(=O)O. The lowest BCUT2D eigenvalue weighted by Crippen LogP contribution is -2.27. The molecule has 0 saturated carbocycles. The van der Waals surface area contributed by atoms with Crippen molar-refractivity contribution in [1.29, 1.82) is 0 Å². The van der Waals surface area contributed by atoms with Crippen LogP contribution in [0.2, 0.25) is 0 Å². The van der Waals surface area contributed by atoms with Gasteiger partial charge in [0.1, 0.15) is 0 Å². The third kappa shape index (κ3) is 8.07. The molecule has 0 saturated heterocycles. The Kier molecular flexibility index (Phi) is 11.5. The Balaban J connectivity index is 0.000000620. The van der Waals surface area contributed by atoms with E-state index in [2.05, 4.69) is 52.5 Å². The van der Waals surface area contributed by atoms with Crippen LogP contribution in [-0.2, 0) is 4.79 Å². The number of fused-ring (bicyclic) bond motifs is 1. The fourth-order valence-electron chi connectivity index (χ4n) is 3.65. The molecule has 0 radical (unpaired) electrons. The van der Waals surface area contributed by atoms with Gasteiger partial charge in [0.15, 0.2) is 0 Å². The number of allylic oxidation sites excluding steroid dienone is 5. The van der Waals surface area contributed by atoms with E-state index in [1.54, 1.807) is 0 Å². The molecular weight excluding hydrogens is 308 g/mol. The second kappa shape index (κ2) is 12.1. The molecule has 4 unspecified atom stereocenters. The van der Waals surface area contributed by atoms with Crippen LogP contribution >= 0.6 is 0 Å². The van der Waals surface area contributed by atoms with Crippen molar-refractivity contribution in [3.05, 3.63) is 36.0 Å². The maximum absolute atomic E-state index is 10.6. The average Bonchev–Trinajstić information content (AvgIpc) is 2.56. The lowest BCUT2D eigenvalue weighted by atomic mass is 9.68. The van der Waals surface area contributed by atoms with E-state index in [0.717, 1.165) is 12.8 Å². The predicted molar refractivity (Wildman–Crippen MR) is 110 cm³/mol. The van der Waals surface area contributed by atoms with Crippen molar-refractivity contribution in [2.45, 2.75) is 80.1 Å². The van der Waals surface area contributed by atoms with E-state index in [1.807, 2.05) is 0 Å². The van der Waals surface area contributed by atoms with Gasteiger partial charge in [0.25, 0.3) is 0 Å². The summed E-state index contributed by atoms with van der Waals surface area (Å²) in [4.78, 5) is 10.6. The minimum absolute atomic E-state index is 0. The van der Waals surface area contributed by atoms with Gasteiger partial charge < -0.3 is 5.11 Å². The smallest absolute Gasteiger partial charge is 0.303 e. The minimum Gasteiger partial charge on any atom is -0.481 e. The Morgan fingerprint density at radius 2 is 2.12 bits per heavy atom. The zero-order valence-electron chi connectivity index (χ0n) is 16.1. The summed E-state index contributed by atoms with van der Waals surface area (Å²) in [6.07, 6.45) is 14.2. The van der Waals surface area contributed by atoms with Crippen LogP contribution in [0.1, 0.15) is 80.1 Å². The molecule has 0 aromatic rings. The van der Waals surface area contributed by atoms with Crippen LogP contribution in [0.25, 0.3) is 0 Å². The van der Waals surface area contributed by atoms with Crippen LogP contribution < -0.4 is 0 Å². The summed E-state index contributed by atoms with van der Waals surface area (Å²) >= 11 is 0. The highest BCUT2D eigenvalue weighted by Gasteiger charge is 2.31. The van der Waals surface area contributed by atoms with Crippen molar-refractivity contribution in [2.24, 2.45) is 23.7 Å². The highest BCUT2D eigenvalue weighted by molar-refractivity contribution is 5.66. The van der Waals surface area contributed by atoms with Gasteiger partial charge in [-0.15, -0.1) is 0 Å². The zero-order chi connectivity index (χ0) is 18.1. The third-order valence-electron chi connectivity index (χ3n) is 5.69. The quantitative estimate of drug-likeness (QED) is 0.523. The molecule has 0 spiro atoms. The molecule has 0 fully saturated rings. The molecule has 0 aromatic heterocycles. The molecule has 2 heteroatoms. The van der Waals surface area contributed by atoms with Crippen LogP contribution in [0.3, 0.4) is 0 Å². The first kappa shape index (κ1) is 23.7. The van der Waals surface area contributed by atoms with E-state index in [-0.39, 0.29) is 7.43 Å². The molecule has 0 aliphatic heterocycles. The molecule has 1 N–H and O–H groups in total. The summed E-state index contributed by atoms with van der Waals surface area (Å²) in [5, 5.41) is 8.72. The second-order valence-corrected chi connectivity index (χ2v) is 7.57. The van der Waals surface area contributed by atoms with Gasteiger partial charge in [-0.25, -0.2) is 0 Å². The molecule has 25 heavy (non-hydrogen) atoms. The summed E-state index contributed by atoms with van der Waals surface area (Å²) < 4.78 is 0. The third-order valence-corrected chi connectivity index (χ3v) is 5.69. The molecule has 2 nitrogen and oxygen atoms in total. The van der Waals surface area contributed by atoms with E-state index >= 15 is 0 Å². The van der Waals surface area contributed by atoms with Crippen LogP contribution in [0.4, 0.5) is 0 Å². The van der Waals surface area contributed by atoms with Crippen molar-refractivity contribution < 1.29 is 9.90 Å². The number of carboxylic acid groups (broad SMARTS) is 1. The molecule has 0 bridgehead atoms. The van der Waals surface area contributed by atoms with Crippen molar-refractivity contribution in [3.63, 3.8) is 0 Å². The van der Waals surface area contributed by atoms with Gasteiger partial charge in [0.05, 0.1) is 0 Å². The lowest BCUT2D eigenvalue weighted by Gasteiger charge is -2.37. The highest BCUT2D eigenvalue weighted by atomic mass is 16.4. The van der Waals surface area contributed by atoms with Crippen LogP contribution in [0, 0.1) is 23.7 Å². The predicted octanol–water partition coefficient (Wildman–Crippen LogP) is 7.03. The molecule has 0 heterocycles. The number of carboxylic acids is 1. The van der Waals surface area contributed by atoms with E-state index < -0.39 is 5.97 Å². The zero-order valence-corrected chi connectivity index (χ0v) is 16.1. The van der Waals surface area contributed by atoms with Gasteiger partial charge in [-0.05, 0) is 74.7 Å². The van der Waals surface area contributed by atoms with Gasteiger partial charge in [0.2, 0.25) is 0 Å². The molecule has 144 valence electrons. The molecule has 0 aromatic carbocycles. The van der Waals surface area contributed by atoms with E-state index in [1.165, 1.54) is 36.8 Å². The fourth-order valence-corrected chi connectivity index (χ4v) is 3.65. The summed E-state index contributed by atoms with van der Waals surface area (Å²) in [5.41, 5.74) is 2.80. The normalized spacial score (nSPS) is 25.4. The Hall–Kier alpha value is -1.31. The Morgan fingerprint density at radius 3 is 2.64 bits per heavy atom. The summed E-state index contributed by atoms with van der Waals surface area (Å²) in [7, 11) is 0. The first-order valence-electron chi connectivity index (χ1n) is 9.62. The van der Waals surface area contributed by atoms with E-state index in [4.69, 9.17) is 5.11 Å². The second-order valence-electron chi connectivity index (χ2n) is 7.57. The largest absolute Gasteiger partial charge is 0.481 e. The first-order valence-corrected chi connectivity index (χ1v) is 9.62. The molecule has 0 amide bonds. The maximum Gasteiger partial charge on any atom is 0.303 e. The standard InChI is InChI=1S/C15H22O2.C7H14.CH4/c1-11-9-10-12-5-2-3-6-14(12)13(11)7-4-8-15(16)17;1-5-7(4)6(2)3;/h5,9-11,13-14H,2-4,6-8H2,1H3,(H,16,17);7H,2,5H2,1,3-4H3;1H4. The molecule has 2 aliphatic rings. The number of aliphatic carboxylic acids is 1. The van der Waals surface area contributed by atoms with Gasteiger partial charge >= 0.3 is 5.97 Å².